The molecule has 15 N–H and O–H groups in total. The number of fused-ring (bicyclic) bond motifs is 1. The zero-order chi connectivity index (χ0) is 63.9. The van der Waals surface area contributed by atoms with Gasteiger partial charge < -0.3 is 71.6 Å². The van der Waals surface area contributed by atoms with E-state index in [0.29, 0.717) is 29.3 Å². The molecular weight excluding hydrogens is 1310 g/mol. The number of hydrogen-bond donors (Lipinski definition) is 13. The Balaban J connectivity index is 0.000000444. The van der Waals surface area contributed by atoms with Gasteiger partial charge in [0.2, 0.25) is 11.9 Å². The largest absolute Gasteiger partial charge is 1.00 e. The van der Waals surface area contributed by atoms with E-state index in [4.69, 9.17) is 36.4 Å². The van der Waals surface area contributed by atoms with Gasteiger partial charge in [-0.05, 0) is 85.2 Å². The van der Waals surface area contributed by atoms with Gasteiger partial charge in [0.15, 0.2) is 11.2 Å². The maximum Gasteiger partial charge on any atom is 1.00 e. The molecule has 7 aromatic rings. The average Bonchev–Trinajstić information content (AvgIpc) is 1.10. The summed E-state index contributed by atoms with van der Waals surface area (Å²) in [7, 11) is -2.23. The van der Waals surface area contributed by atoms with Gasteiger partial charge in [0.1, 0.15) is 22.0 Å². The minimum absolute atomic E-state index is 0. The van der Waals surface area contributed by atoms with Crippen LogP contribution in [0.5, 0.6) is 0 Å². The number of aliphatic carboxylic acids is 2. The monoisotopic (exact) mass is 1380 g/mol. The van der Waals surface area contributed by atoms with Crippen LogP contribution in [0.1, 0.15) is 45.7 Å². The predicted molar refractivity (Wildman–Crippen MR) is 325 cm³/mol. The quantitative estimate of drug-likeness (QED) is 0.00382. The van der Waals surface area contributed by atoms with Crippen LogP contribution in [0.25, 0.3) is 11.2 Å². The molecule has 3 heterocycles. The van der Waals surface area contributed by atoms with Gasteiger partial charge in [-0.25, -0.2) is 41.1 Å². The van der Waals surface area contributed by atoms with Crippen LogP contribution in [0.3, 0.4) is 0 Å². The minimum atomic E-state index is -4.46. The van der Waals surface area contributed by atoms with Crippen molar-refractivity contribution in [2.75, 3.05) is 82.4 Å². The normalized spacial score (nSPS) is 11.8. The van der Waals surface area contributed by atoms with E-state index >= 15 is 0 Å². The molecule has 3 aromatic heterocycles. The summed E-state index contributed by atoms with van der Waals surface area (Å²) in [5, 5.41) is 52.4. The second-order valence-electron chi connectivity index (χ2n) is 18.7. The van der Waals surface area contributed by atoms with Crippen molar-refractivity contribution in [3.63, 3.8) is 0 Å². The van der Waals surface area contributed by atoms with Gasteiger partial charge in [0.05, 0.1) is 74.0 Å². The number of aliphatic hydroxyl groups excluding tert-OH is 2. The molecule has 0 saturated carbocycles. The van der Waals surface area contributed by atoms with Crippen molar-refractivity contribution in [3.05, 3.63) is 168 Å². The molecule has 2 atom stereocenters. The van der Waals surface area contributed by atoms with Crippen molar-refractivity contribution >= 4 is 92.2 Å². The number of anilines is 3. The number of benzene rings is 4. The van der Waals surface area contributed by atoms with E-state index < -0.39 is 58.9 Å². The zero-order valence-corrected chi connectivity index (χ0v) is 54.3. The molecule has 33 heteroatoms. The van der Waals surface area contributed by atoms with Crippen LogP contribution in [0.4, 0.5) is 17.5 Å². The molecule has 1 radical (unpaired) electrons. The van der Waals surface area contributed by atoms with Crippen molar-refractivity contribution in [3.8, 4) is 0 Å². The maximum atomic E-state index is 12.7. The number of ether oxygens (including phenoxy) is 3. The third kappa shape index (κ3) is 26.3. The van der Waals surface area contributed by atoms with Crippen LogP contribution >= 0.6 is 7.92 Å². The fourth-order valence-corrected chi connectivity index (χ4v) is 10.8. The second-order valence-corrected chi connectivity index (χ2v) is 22.3. The molecule has 0 aliphatic rings. The van der Waals surface area contributed by atoms with Gasteiger partial charge in [-0.15, -0.1) is 0 Å². The van der Waals surface area contributed by atoms with Gasteiger partial charge in [0.25, 0.3) is 17.4 Å². The number of carboxylic acid groups (broad SMARTS) is 2. The summed E-state index contributed by atoms with van der Waals surface area (Å²) in [6, 6.07) is 34.3. The third-order valence-electron chi connectivity index (χ3n) is 12.3. The van der Waals surface area contributed by atoms with Crippen LogP contribution in [0.2, 0.25) is 0 Å². The number of carbonyl (C=O) groups is 5. The van der Waals surface area contributed by atoms with Gasteiger partial charge in [-0.3, -0.25) is 34.3 Å². The number of carboxylic acids is 2. The van der Waals surface area contributed by atoms with Gasteiger partial charge >= 0.3 is 41.5 Å². The molecule has 0 saturated heterocycles. The summed E-state index contributed by atoms with van der Waals surface area (Å²) >= 11 is 0. The Morgan fingerprint density at radius 2 is 1.40 bits per heavy atom. The van der Waals surface area contributed by atoms with E-state index in [9.17, 15) is 46.8 Å². The molecule has 0 aliphatic carbocycles. The third-order valence-corrected chi connectivity index (χ3v) is 15.6. The molecule has 7 rings (SSSR count). The number of hydrazine groups is 1. The first-order chi connectivity index (χ1) is 42.3. The van der Waals surface area contributed by atoms with E-state index in [0.717, 1.165) is 15.9 Å². The number of nitrogen functional groups attached to an aromatic ring is 2. The molecule has 4 aromatic carbocycles. The van der Waals surface area contributed by atoms with Crippen LogP contribution in [0, 0.1) is 7.11 Å². The first-order valence-corrected chi connectivity index (χ1v) is 29.6. The van der Waals surface area contributed by atoms with Crippen molar-refractivity contribution in [1.29, 1.82) is 0 Å². The first-order valence-electron chi connectivity index (χ1n) is 26.8. The van der Waals surface area contributed by atoms with Gasteiger partial charge in [0, 0.05) is 70.3 Å². The maximum absolute atomic E-state index is 12.7. The minimum Gasteiger partial charge on any atom is -0.744 e. The number of H-pyrrole nitrogens is 1. The van der Waals surface area contributed by atoms with Crippen LogP contribution in [-0.4, -0.2) is 165 Å². The smallest absolute Gasteiger partial charge is 0.744 e. The molecular formula is C57H68N13NaO16PSTc-. The number of hydrogen-bond acceptors (Lipinski definition) is 23. The van der Waals surface area contributed by atoms with Crippen molar-refractivity contribution in [2.24, 2.45) is 5.84 Å². The van der Waals surface area contributed by atoms with E-state index in [1.807, 2.05) is 66.7 Å². The molecule has 0 aliphatic heterocycles. The second kappa shape index (κ2) is 40.5. The summed E-state index contributed by atoms with van der Waals surface area (Å²) in [4.78, 5) is 89.6. The summed E-state index contributed by atoms with van der Waals surface area (Å²) in [5.41, 5.74) is 8.33. The molecule has 90 heavy (non-hydrogen) atoms. The molecule has 3 amide bonds. The van der Waals surface area contributed by atoms with E-state index in [1.165, 1.54) is 36.7 Å². The van der Waals surface area contributed by atoms with E-state index in [2.05, 4.69) is 68.8 Å². The Labute approximate surface area is 554 Å². The SMILES string of the molecule is NNc1ccc(C(=O)NCCOCCOCCNC(=O)CCC(NC(=O)c2ccc(NCc3cnc4nc(N)[nH]c(=O)c4n3)cc2)C(=O)O)cn1.O=S(=O)([O-])c1cccc(P(c2ccccc2)c2ccccc2)c1.[99Tc].[CH2-]OCC(CO)(CCO)NCC(=O)O.[Na+]. The number of rotatable bonds is 32. The molecule has 0 spiro atoms. The standard InChI is InChI=1S/C31H38N12O8.C18H15O3PS.C8H16NO5.Na.Tc/c32-31-41-26-25(29(47)42-31)39-21(17-38-26)16-36-20-4-1-18(2-5-20)28(46)40-22(30(48)49)6-8-24(44)34-9-11-50-13-14-51-12-10-35-27(45)19-3-7-23(43-33)37-15-19;19-23(20,21)18-13-7-12-17(14-18)22(15-8-3-1-4-9-15)16-10-5-2-6-11-16;1-14-6-8(5-11,2-3-10)9-4-7(12)13;;/h1-5,7,15,17,22,36H,6,8-14,16,33H2,(H,34,44)(H,35,45)(H,37,43)(H,40,46)(H,48,49)(H3,32,38,41,42,47);1-14H,(H,19,20,21);9-11H,1-6H2,(H,12,13);;/q;;-1;+1;/p-1/i;;;;1+1. The molecule has 0 bridgehead atoms. The molecule has 477 valence electrons. The number of pyridine rings is 1. The number of amides is 3. The fourth-order valence-electron chi connectivity index (χ4n) is 7.83. The van der Waals surface area contributed by atoms with E-state index in [1.54, 1.807) is 30.3 Å². The van der Waals surface area contributed by atoms with Crippen LogP contribution in [-0.2, 0) is 65.4 Å². The van der Waals surface area contributed by atoms with Crippen molar-refractivity contribution in [1.82, 2.24) is 46.2 Å². The Hall–Kier alpha value is -7.29. The topological polar surface area (TPSA) is 460 Å². The van der Waals surface area contributed by atoms with Crippen molar-refractivity contribution < 1.29 is 121 Å². The number of aliphatic hydroxyl groups is 2. The number of nitrogens with two attached hydrogens (primary N) is 2. The fraction of sp³-hybridized carbons (Fsp3) is 0.281. The molecule has 29 nitrogen and oxygen atoms in total. The summed E-state index contributed by atoms with van der Waals surface area (Å²) < 4.78 is 49.4. The first kappa shape index (κ1) is 77.0. The number of aromatic amines is 1. The summed E-state index contributed by atoms with van der Waals surface area (Å²) in [5.74, 6) is 2.00. The molecule has 0 fully saturated rings. The van der Waals surface area contributed by atoms with E-state index in [-0.39, 0.29) is 168 Å². The molecule has 2 unspecified atom stereocenters. The Morgan fingerprint density at radius 1 is 0.778 bits per heavy atom. The Bertz CT molecular complexity index is 3500. The van der Waals surface area contributed by atoms with Crippen molar-refractivity contribution in [2.45, 2.75) is 42.3 Å². The Morgan fingerprint density at radius 3 is 1.96 bits per heavy atom. The van der Waals surface area contributed by atoms with Crippen LogP contribution < -0.4 is 94.6 Å². The zero-order valence-electron chi connectivity index (χ0n) is 48.8. The van der Waals surface area contributed by atoms with Crippen LogP contribution in [0.15, 0.2) is 143 Å². The van der Waals surface area contributed by atoms with Gasteiger partial charge in [-0.1, -0.05) is 72.8 Å². The Kier molecular flexibility index (Phi) is 34.6. The number of carbonyl (C=O) groups excluding carboxylic acids is 3. The predicted octanol–water partition coefficient (Wildman–Crippen LogP) is -2.94. The summed E-state index contributed by atoms with van der Waals surface area (Å²) in [6.07, 6.45) is 2.80. The number of aromatic nitrogens is 5. The number of nitrogens with zero attached hydrogens (tertiary/aromatic N) is 4. The average molecular weight is 1380 g/mol. The summed E-state index contributed by atoms with van der Waals surface area (Å²) in [6.45, 7) is 0.972. The number of nitrogens with one attached hydrogen (secondary N) is 7. The van der Waals surface area contributed by atoms with Gasteiger partial charge in [-0.2, -0.15) is 4.98 Å².